The predicted octanol–water partition coefficient (Wildman–Crippen LogP) is 5.96. The minimum atomic E-state index is -0.613. The summed E-state index contributed by atoms with van der Waals surface area (Å²) in [7, 11) is 0. The molecule has 0 spiro atoms. The van der Waals surface area contributed by atoms with Crippen LogP contribution in [0, 0.1) is 13.8 Å². The summed E-state index contributed by atoms with van der Waals surface area (Å²) in [5.74, 6) is 0. The molecule has 0 unspecified atom stereocenters. The van der Waals surface area contributed by atoms with E-state index in [1.165, 1.54) is 11.1 Å². The molecule has 0 aliphatic carbocycles. The van der Waals surface area contributed by atoms with E-state index in [0.717, 1.165) is 11.1 Å². The molecule has 0 fully saturated rings. The van der Waals surface area contributed by atoms with Gasteiger partial charge in [0.05, 0.1) is 13.2 Å². The van der Waals surface area contributed by atoms with E-state index in [2.05, 4.69) is 62.4 Å². The number of rotatable bonds is 8. The van der Waals surface area contributed by atoms with Crippen LogP contribution < -0.4 is 0 Å². The highest BCUT2D eigenvalue weighted by atomic mass is 16.7. The molecule has 0 amide bonds. The van der Waals surface area contributed by atoms with Crippen molar-refractivity contribution in [3.63, 3.8) is 0 Å². The van der Waals surface area contributed by atoms with Crippen LogP contribution in [0.1, 0.15) is 35.1 Å². The van der Waals surface area contributed by atoms with Gasteiger partial charge in [-0.25, -0.2) is 4.79 Å². The van der Waals surface area contributed by atoms with Crippen LogP contribution in [-0.2, 0) is 9.47 Å². The van der Waals surface area contributed by atoms with Crippen molar-refractivity contribution in [3.8, 4) is 0 Å². The number of benzene rings is 2. The predicted molar refractivity (Wildman–Crippen MR) is 107 cm³/mol. The first kappa shape index (κ1) is 19.5. The normalized spacial score (nSPS) is 11.2. The third-order valence-electron chi connectivity index (χ3n) is 3.78. The van der Waals surface area contributed by atoms with E-state index in [4.69, 9.17) is 9.47 Å². The van der Waals surface area contributed by atoms with E-state index < -0.39 is 6.16 Å². The molecule has 0 heterocycles. The first-order chi connectivity index (χ1) is 12.6. The summed E-state index contributed by atoms with van der Waals surface area (Å²) in [5, 5.41) is 0. The van der Waals surface area contributed by atoms with Gasteiger partial charge in [0.2, 0.25) is 0 Å². The van der Waals surface area contributed by atoms with Crippen LogP contribution in [0.25, 0.3) is 12.2 Å². The molecule has 0 aliphatic rings. The topological polar surface area (TPSA) is 35.5 Å². The number of aryl methyl sites for hydroxylation is 2. The zero-order valence-corrected chi connectivity index (χ0v) is 15.5. The lowest BCUT2D eigenvalue weighted by molar-refractivity contribution is 0.0578. The summed E-state index contributed by atoms with van der Waals surface area (Å²) in [6, 6.07) is 16.5. The lowest BCUT2D eigenvalue weighted by atomic mass is 10.1. The van der Waals surface area contributed by atoms with Crippen LogP contribution in [0.5, 0.6) is 0 Å². The van der Waals surface area contributed by atoms with Crippen LogP contribution in [0.4, 0.5) is 4.79 Å². The largest absolute Gasteiger partial charge is 0.508 e. The van der Waals surface area contributed by atoms with E-state index in [1.807, 2.05) is 24.3 Å². The standard InChI is InChI=1S/C23H26O3/c1-19-9-13-21(14-10-19)7-3-5-17-25-23(24)26-18-6-4-8-22-15-11-20(2)12-16-22/h3-4,7-16H,5-6,17-18H2,1-2H3/b7-3+,8-4+. The van der Waals surface area contributed by atoms with Crippen LogP contribution in [0.15, 0.2) is 60.7 Å². The third-order valence-corrected chi connectivity index (χ3v) is 3.78. The highest BCUT2D eigenvalue weighted by molar-refractivity contribution is 5.60. The van der Waals surface area contributed by atoms with Gasteiger partial charge < -0.3 is 9.47 Å². The van der Waals surface area contributed by atoms with Gasteiger partial charge in [0.1, 0.15) is 0 Å². The first-order valence-corrected chi connectivity index (χ1v) is 8.89. The van der Waals surface area contributed by atoms with Gasteiger partial charge in [0, 0.05) is 12.8 Å². The molecular weight excluding hydrogens is 324 g/mol. The van der Waals surface area contributed by atoms with E-state index in [-0.39, 0.29) is 0 Å². The van der Waals surface area contributed by atoms with Crippen molar-refractivity contribution in [1.29, 1.82) is 0 Å². The minimum Gasteiger partial charge on any atom is -0.434 e. The molecule has 0 aliphatic heterocycles. The Labute approximate surface area is 156 Å². The molecule has 0 N–H and O–H groups in total. The Kier molecular flexibility index (Phi) is 8.20. The Morgan fingerprint density at radius 3 is 1.50 bits per heavy atom. The van der Waals surface area contributed by atoms with Gasteiger partial charge >= 0.3 is 6.16 Å². The lowest BCUT2D eigenvalue weighted by Gasteiger charge is -2.03. The first-order valence-electron chi connectivity index (χ1n) is 8.89. The number of carbonyl (C=O) groups excluding carboxylic acids is 1. The molecule has 0 aromatic heterocycles. The second kappa shape index (κ2) is 10.9. The summed E-state index contributed by atoms with van der Waals surface area (Å²) in [5.41, 5.74) is 4.75. The molecule has 0 radical (unpaired) electrons. The van der Waals surface area contributed by atoms with Gasteiger partial charge in [-0.15, -0.1) is 0 Å². The Hall–Kier alpha value is -2.81. The second-order valence-electron chi connectivity index (χ2n) is 6.15. The maximum Gasteiger partial charge on any atom is 0.508 e. The fourth-order valence-corrected chi connectivity index (χ4v) is 2.26. The maximum absolute atomic E-state index is 11.5. The van der Waals surface area contributed by atoms with Gasteiger partial charge in [-0.3, -0.25) is 0 Å². The molecule has 2 aromatic carbocycles. The summed E-state index contributed by atoms with van der Waals surface area (Å²) in [6.45, 7) is 4.76. The number of carbonyl (C=O) groups is 1. The van der Waals surface area contributed by atoms with Crippen molar-refractivity contribution in [2.24, 2.45) is 0 Å². The zero-order valence-electron chi connectivity index (χ0n) is 15.5. The molecule has 2 aromatic rings. The van der Waals surface area contributed by atoms with E-state index >= 15 is 0 Å². The molecule has 3 nitrogen and oxygen atoms in total. The summed E-state index contributed by atoms with van der Waals surface area (Å²) >= 11 is 0. The third kappa shape index (κ3) is 7.84. The molecule has 3 heteroatoms. The van der Waals surface area contributed by atoms with Crippen LogP contribution in [0.3, 0.4) is 0 Å². The van der Waals surface area contributed by atoms with Crippen molar-refractivity contribution in [2.45, 2.75) is 26.7 Å². The average Bonchev–Trinajstić information content (AvgIpc) is 2.64. The van der Waals surface area contributed by atoms with Gasteiger partial charge in [-0.2, -0.15) is 0 Å². The number of ether oxygens (including phenoxy) is 2. The highest BCUT2D eigenvalue weighted by Gasteiger charge is 2.01. The quantitative estimate of drug-likeness (QED) is 0.435. The molecule has 0 bridgehead atoms. The van der Waals surface area contributed by atoms with Crippen molar-refractivity contribution in [3.05, 3.63) is 82.9 Å². The van der Waals surface area contributed by atoms with Gasteiger partial charge in [0.25, 0.3) is 0 Å². The van der Waals surface area contributed by atoms with Crippen LogP contribution in [-0.4, -0.2) is 19.4 Å². The van der Waals surface area contributed by atoms with Crippen LogP contribution in [0.2, 0.25) is 0 Å². The Morgan fingerprint density at radius 2 is 1.12 bits per heavy atom. The Bertz CT molecular complexity index is 662. The van der Waals surface area contributed by atoms with Gasteiger partial charge in [-0.1, -0.05) is 84.0 Å². The summed E-state index contributed by atoms with van der Waals surface area (Å²) in [4.78, 5) is 11.5. The molecule has 136 valence electrons. The molecule has 0 atom stereocenters. The van der Waals surface area contributed by atoms with E-state index in [9.17, 15) is 4.79 Å². The lowest BCUT2D eigenvalue weighted by Crippen LogP contribution is -2.08. The monoisotopic (exact) mass is 350 g/mol. The van der Waals surface area contributed by atoms with E-state index in [0.29, 0.717) is 26.1 Å². The maximum atomic E-state index is 11.5. The fraction of sp³-hybridized carbons (Fsp3) is 0.261. The average molecular weight is 350 g/mol. The highest BCUT2D eigenvalue weighted by Crippen LogP contribution is 2.06. The number of hydrogen-bond acceptors (Lipinski definition) is 3. The molecule has 26 heavy (non-hydrogen) atoms. The number of hydrogen-bond donors (Lipinski definition) is 0. The van der Waals surface area contributed by atoms with Crippen LogP contribution >= 0.6 is 0 Å². The smallest absolute Gasteiger partial charge is 0.434 e. The minimum absolute atomic E-state index is 0.320. The Morgan fingerprint density at radius 1 is 0.731 bits per heavy atom. The molecule has 0 saturated carbocycles. The van der Waals surface area contributed by atoms with Crippen molar-refractivity contribution >= 4 is 18.3 Å². The second-order valence-corrected chi connectivity index (χ2v) is 6.15. The van der Waals surface area contributed by atoms with Crippen molar-refractivity contribution in [2.75, 3.05) is 13.2 Å². The summed E-state index contributed by atoms with van der Waals surface area (Å²) < 4.78 is 10.1. The molecular formula is C23H26O3. The molecule has 0 saturated heterocycles. The van der Waals surface area contributed by atoms with Crippen molar-refractivity contribution in [1.82, 2.24) is 0 Å². The van der Waals surface area contributed by atoms with Gasteiger partial charge in [-0.05, 0) is 25.0 Å². The zero-order chi connectivity index (χ0) is 18.6. The SMILES string of the molecule is Cc1ccc(/C=C/CCOC(=O)OCC/C=C/c2ccc(C)cc2)cc1. The van der Waals surface area contributed by atoms with E-state index in [1.54, 1.807) is 0 Å². The molecule has 2 rings (SSSR count). The summed E-state index contributed by atoms with van der Waals surface area (Å²) in [6.07, 6.45) is 8.72. The fourth-order valence-electron chi connectivity index (χ4n) is 2.26. The van der Waals surface area contributed by atoms with Crippen molar-refractivity contribution < 1.29 is 14.3 Å². The van der Waals surface area contributed by atoms with Gasteiger partial charge in [0.15, 0.2) is 0 Å². The Balaban J connectivity index is 1.54.